The number of carbonyl (C=O) groups is 2. The molecule has 1 fully saturated rings. The van der Waals surface area contributed by atoms with Gasteiger partial charge < -0.3 is 16.2 Å². The molecule has 1 aliphatic heterocycles. The molecule has 24 heavy (non-hydrogen) atoms. The Kier molecular flexibility index (Phi) is 4.55. The lowest BCUT2D eigenvalue weighted by Gasteiger charge is -2.44. The number of carbonyl (C=O) groups excluding carboxylic acids is 2. The van der Waals surface area contributed by atoms with E-state index in [9.17, 15) is 23.1 Å². The van der Waals surface area contributed by atoms with E-state index in [1.54, 1.807) is 0 Å². The highest BCUT2D eigenvalue weighted by Gasteiger charge is 2.43. The molecule has 0 aliphatic carbocycles. The zero-order valence-corrected chi connectivity index (χ0v) is 15.5. The number of amides is 2. The third-order valence-electron chi connectivity index (χ3n) is 3.56. The number of rotatable bonds is 5. The minimum Gasteiger partial charge on any atom is -0.381 e. The molecule has 10 heteroatoms. The minimum atomic E-state index is -3.75. The first kappa shape index (κ1) is 18.8. The van der Waals surface area contributed by atoms with E-state index >= 15 is 0 Å². The van der Waals surface area contributed by atoms with Crippen molar-refractivity contribution in [1.29, 1.82) is 0 Å². The zero-order valence-electron chi connectivity index (χ0n) is 13.9. The second-order valence-electron chi connectivity index (χ2n) is 7.12. The van der Waals surface area contributed by atoms with Gasteiger partial charge in [0, 0.05) is 13.1 Å². The number of nitrogens with two attached hydrogens (primary N) is 1. The van der Waals surface area contributed by atoms with Crippen LogP contribution in [0, 0.1) is 5.41 Å². The highest BCUT2D eigenvalue weighted by molar-refractivity contribution is 7.91. The molecule has 134 valence electrons. The zero-order chi connectivity index (χ0) is 18.5. The molecule has 4 N–H and O–H groups in total. The molecule has 0 spiro atoms. The van der Waals surface area contributed by atoms with Gasteiger partial charge in [-0.05, 0) is 25.3 Å². The van der Waals surface area contributed by atoms with Gasteiger partial charge in [-0.15, -0.1) is 11.3 Å². The monoisotopic (exact) mass is 375 g/mol. The second kappa shape index (κ2) is 5.80. The summed E-state index contributed by atoms with van der Waals surface area (Å²) in [5.74, 6) is -1.62. The smallest absolute Gasteiger partial charge is 0.256 e. The maximum Gasteiger partial charge on any atom is 0.256 e. The summed E-state index contributed by atoms with van der Waals surface area (Å²) in [6.07, 6.45) is 0. The van der Waals surface area contributed by atoms with Crippen molar-refractivity contribution in [2.24, 2.45) is 11.1 Å². The van der Waals surface area contributed by atoms with Gasteiger partial charge in [0.15, 0.2) is 0 Å². The average molecular weight is 375 g/mol. The molecule has 0 bridgehead atoms. The molecule has 1 aromatic heterocycles. The largest absolute Gasteiger partial charge is 0.381 e. The van der Waals surface area contributed by atoms with Crippen LogP contribution in [-0.4, -0.2) is 48.3 Å². The van der Waals surface area contributed by atoms with Gasteiger partial charge in [-0.3, -0.25) is 9.59 Å². The summed E-state index contributed by atoms with van der Waals surface area (Å²) in [5, 5.41) is 12.1. The summed E-state index contributed by atoms with van der Waals surface area (Å²) < 4.78 is 26.4. The average Bonchev–Trinajstić information content (AvgIpc) is 2.79. The Morgan fingerprint density at radius 1 is 1.38 bits per heavy atom. The first-order chi connectivity index (χ1) is 10.7. The van der Waals surface area contributed by atoms with Crippen LogP contribution in [0.15, 0.2) is 10.3 Å². The van der Waals surface area contributed by atoms with Crippen molar-refractivity contribution in [3.63, 3.8) is 0 Å². The van der Waals surface area contributed by atoms with E-state index in [2.05, 4.69) is 5.32 Å². The molecule has 8 nitrogen and oxygen atoms in total. The third kappa shape index (κ3) is 3.61. The summed E-state index contributed by atoms with van der Waals surface area (Å²) in [6.45, 7) is 7.23. The van der Waals surface area contributed by atoms with Crippen LogP contribution in [-0.2, 0) is 14.8 Å². The number of hydrogen-bond acceptors (Lipinski definition) is 6. The third-order valence-corrected chi connectivity index (χ3v) is 6.85. The van der Waals surface area contributed by atoms with E-state index in [1.807, 2.05) is 13.8 Å². The molecule has 2 heterocycles. The van der Waals surface area contributed by atoms with Crippen LogP contribution in [0.2, 0.25) is 0 Å². The molecule has 2 amide bonds. The van der Waals surface area contributed by atoms with E-state index in [1.165, 1.54) is 18.2 Å². The molecule has 0 aromatic carbocycles. The van der Waals surface area contributed by atoms with E-state index in [0.717, 1.165) is 17.4 Å². The van der Waals surface area contributed by atoms with Crippen molar-refractivity contribution < 1.29 is 23.1 Å². The van der Waals surface area contributed by atoms with Crippen LogP contribution >= 0.6 is 11.3 Å². The number of anilines is 1. The van der Waals surface area contributed by atoms with Gasteiger partial charge in [0.25, 0.3) is 21.8 Å². The fraction of sp³-hybridized carbons (Fsp3) is 0.571. The number of nitrogens with one attached hydrogen (secondary N) is 1. The number of aliphatic hydroxyl groups is 1. The Balaban J connectivity index is 2.35. The summed E-state index contributed by atoms with van der Waals surface area (Å²) in [7, 11) is -3.75. The standard InChI is InChI=1S/C14H21N3O5S2/c1-13(2)6-17(7-13)24(21,22)9-5-8(10(15)18)11(23-9)16-12(19)14(3,4)20/h5,20H,6-7H2,1-4H3,(H2,15,18)(H,16,19). The van der Waals surface area contributed by atoms with Crippen molar-refractivity contribution >= 4 is 38.2 Å². The van der Waals surface area contributed by atoms with Gasteiger partial charge in [-0.1, -0.05) is 13.8 Å². The Morgan fingerprint density at radius 2 is 1.92 bits per heavy atom. The molecule has 0 saturated carbocycles. The van der Waals surface area contributed by atoms with Gasteiger partial charge >= 0.3 is 0 Å². The minimum absolute atomic E-state index is 0.00739. The Hall–Kier alpha value is -1.49. The highest BCUT2D eigenvalue weighted by Crippen LogP contribution is 2.38. The lowest BCUT2D eigenvalue weighted by atomic mass is 9.87. The predicted molar refractivity (Wildman–Crippen MR) is 90.3 cm³/mol. The molecule has 2 rings (SSSR count). The van der Waals surface area contributed by atoms with Crippen LogP contribution in [0.4, 0.5) is 5.00 Å². The molecular weight excluding hydrogens is 354 g/mol. The molecule has 1 aliphatic rings. The van der Waals surface area contributed by atoms with Crippen molar-refractivity contribution in [2.75, 3.05) is 18.4 Å². The van der Waals surface area contributed by atoms with Gasteiger partial charge in [0.05, 0.1) is 5.56 Å². The van der Waals surface area contributed by atoms with Gasteiger partial charge in [0.1, 0.15) is 14.8 Å². The maximum atomic E-state index is 12.6. The topological polar surface area (TPSA) is 130 Å². The van der Waals surface area contributed by atoms with E-state index in [0.29, 0.717) is 13.1 Å². The lowest BCUT2D eigenvalue weighted by molar-refractivity contribution is -0.130. The number of nitrogens with zero attached hydrogens (tertiary/aromatic N) is 1. The van der Waals surface area contributed by atoms with Crippen LogP contribution < -0.4 is 11.1 Å². The fourth-order valence-corrected chi connectivity index (χ4v) is 5.57. The molecule has 0 radical (unpaired) electrons. The summed E-state index contributed by atoms with van der Waals surface area (Å²) >= 11 is 0.743. The van der Waals surface area contributed by atoms with Crippen LogP contribution in [0.25, 0.3) is 0 Å². The number of sulfonamides is 1. The van der Waals surface area contributed by atoms with Crippen LogP contribution in [0.3, 0.4) is 0 Å². The SMILES string of the molecule is CC1(C)CN(S(=O)(=O)c2cc(C(N)=O)c(NC(=O)C(C)(C)O)s2)C1. The number of thiophene rings is 1. The van der Waals surface area contributed by atoms with E-state index in [4.69, 9.17) is 5.73 Å². The van der Waals surface area contributed by atoms with E-state index in [-0.39, 0.29) is 20.2 Å². The second-order valence-corrected chi connectivity index (χ2v) is 10.3. The van der Waals surface area contributed by atoms with Crippen LogP contribution in [0.1, 0.15) is 38.1 Å². The van der Waals surface area contributed by atoms with Crippen molar-refractivity contribution in [2.45, 2.75) is 37.5 Å². The summed E-state index contributed by atoms with van der Waals surface area (Å²) in [4.78, 5) is 23.4. The molecule has 1 saturated heterocycles. The summed E-state index contributed by atoms with van der Waals surface area (Å²) in [5.41, 5.74) is 3.40. The predicted octanol–water partition coefficient (Wildman–Crippen LogP) is 0.587. The van der Waals surface area contributed by atoms with Gasteiger partial charge in [0.2, 0.25) is 0 Å². The molecule has 1 aromatic rings. The molecule has 0 unspecified atom stereocenters. The van der Waals surface area contributed by atoms with Gasteiger partial charge in [-0.25, -0.2) is 8.42 Å². The molecule has 0 atom stereocenters. The van der Waals surface area contributed by atoms with Gasteiger partial charge in [-0.2, -0.15) is 4.31 Å². The summed E-state index contributed by atoms with van der Waals surface area (Å²) in [6, 6.07) is 1.16. The molecular formula is C14H21N3O5S2. The Morgan fingerprint density at radius 3 is 2.33 bits per heavy atom. The maximum absolute atomic E-state index is 12.6. The first-order valence-corrected chi connectivity index (χ1v) is 9.47. The fourth-order valence-electron chi connectivity index (χ4n) is 2.23. The highest BCUT2D eigenvalue weighted by atomic mass is 32.2. The van der Waals surface area contributed by atoms with Crippen LogP contribution in [0.5, 0.6) is 0 Å². The van der Waals surface area contributed by atoms with Crippen molar-refractivity contribution in [3.05, 3.63) is 11.6 Å². The normalized spacial score (nSPS) is 18.0. The Bertz CT molecular complexity index is 782. The Labute approximate surface area is 144 Å². The number of hydrogen-bond donors (Lipinski definition) is 3. The quantitative estimate of drug-likeness (QED) is 0.693. The first-order valence-electron chi connectivity index (χ1n) is 7.22. The van der Waals surface area contributed by atoms with E-state index < -0.39 is 27.4 Å². The lowest BCUT2D eigenvalue weighted by Crippen LogP contribution is -2.55. The number of primary amides is 1. The van der Waals surface area contributed by atoms with Crippen molar-refractivity contribution in [3.8, 4) is 0 Å². The van der Waals surface area contributed by atoms with Crippen molar-refractivity contribution in [1.82, 2.24) is 4.31 Å².